The molecule has 0 saturated carbocycles. The molecule has 0 saturated heterocycles. The van der Waals surface area contributed by atoms with Gasteiger partial charge in [-0.2, -0.15) is 0 Å². The summed E-state index contributed by atoms with van der Waals surface area (Å²) in [4.78, 5) is 12.1. The van der Waals surface area contributed by atoms with E-state index in [1.54, 1.807) is 42.5 Å². The standard InChI is InChI=1S/C16H14O5/c17-8-11-2-1-3-13(6-11)19-9-14(18)12-4-5-15-16(7-12)21-10-20-15/h1-7,17H,8-10H2. The van der Waals surface area contributed by atoms with E-state index in [0.29, 0.717) is 22.8 Å². The van der Waals surface area contributed by atoms with E-state index >= 15 is 0 Å². The molecule has 0 aliphatic carbocycles. The number of aliphatic hydroxyl groups is 1. The average Bonchev–Trinajstić information content (AvgIpc) is 3.00. The second kappa shape index (κ2) is 5.85. The van der Waals surface area contributed by atoms with Gasteiger partial charge in [0, 0.05) is 5.56 Å². The lowest BCUT2D eigenvalue weighted by Crippen LogP contribution is -2.11. The zero-order chi connectivity index (χ0) is 14.7. The number of carbonyl (C=O) groups excluding carboxylic acids is 1. The summed E-state index contributed by atoms with van der Waals surface area (Å²) in [6, 6.07) is 12.0. The molecule has 0 amide bonds. The number of Topliss-reactive ketones (excluding diaryl/α,β-unsaturated/α-hetero) is 1. The van der Waals surface area contributed by atoms with Gasteiger partial charge in [0.2, 0.25) is 6.79 Å². The molecule has 0 spiro atoms. The van der Waals surface area contributed by atoms with Crippen molar-refractivity contribution in [2.24, 2.45) is 0 Å². The summed E-state index contributed by atoms with van der Waals surface area (Å²) in [5, 5.41) is 9.06. The van der Waals surface area contributed by atoms with Crippen molar-refractivity contribution in [1.29, 1.82) is 0 Å². The van der Waals surface area contributed by atoms with Gasteiger partial charge in [-0.25, -0.2) is 0 Å². The predicted molar refractivity (Wildman–Crippen MR) is 74.8 cm³/mol. The van der Waals surface area contributed by atoms with Crippen LogP contribution in [-0.2, 0) is 6.61 Å². The largest absolute Gasteiger partial charge is 0.485 e. The zero-order valence-electron chi connectivity index (χ0n) is 11.2. The minimum Gasteiger partial charge on any atom is -0.485 e. The van der Waals surface area contributed by atoms with Gasteiger partial charge < -0.3 is 19.3 Å². The van der Waals surface area contributed by atoms with E-state index in [4.69, 9.17) is 19.3 Å². The minimum absolute atomic E-state index is 0.0622. The first-order valence-corrected chi connectivity index (χ1v) is 6.52. The van der Waals surface area contributed by atoms with Crippen LogP contribution in [0.5, 0.6) is 17.2 Å². The van der Waals surface area contributed by atoms with Gasteiger partial charge in [0.05, 0.1) is 6.61 Å². The fourth-order valence-corrected chi connectivity index (χ4v) is 2.04. The topological polar surface area (TPSA) is 65.0 Å². The van der Waals surface area contributed by atoms with Crippen LogP contribution in [0.1, 0.15) is 15.9 Å². The lowest BCUT2D eigenvalue weighted by atomic mass is 10.1. The van der Waals surface area contributed by atoms with E-state index in [1.165, 1.54) is 0 Å². The molecule has 21 heavy (non-hydrogen) atoms. The van der Waals surface area contributed by atoms with E-state index in [2.05, 4.69) is 0 Å². The van der Waals surface area contributed by atoms with Crippen molar-refractivity contribution in [3.63, 3.8) is 0 Å². The Morgan fingerprint density at radius 2 is 2.00 bits per heavy atom. The van der Waals surface area contributed by atoms with Gasteiger partial charge in [-0.15, -0.1) is 0 Å². The van der Waals surface area contributed by atoms with Crippen LogP contribution in [-0.4, -0.2) is 24.3 Å². The van der Waals surface area contributed by atoms with E-state index in [9.17, 15) is 4.79 Å². The fraction of sp³-hybridized carbons (Fsp3) is 0.188. The summed E-state index contributed by atoms with van der Waals surface area (Å²) in [6.07, 6.45) is 0. The molecule has 0 unspecified atom stereocenters. The Labute approximate surface area is 121 Å². The van der Waals surface area contributed by atoms with E-state index in [1.807, 2.05) is 0 Å². The zero-order valence-corrected chi connectivity index (χ0v) is 11.2. The maximum atomic E-state index is 12.1. The highest BCUT2D eigenvalue weighted by Gasteiger charge is 2.16. The number of benzene rings is 2. The number of fused-ring (bicyclic) bond motifs is 1. The SMILES string of the molecule is O=C(COc1cccc(CO)c1)c1ccc2c(c1)OCO2. The number of rotatable bonds is 5. The summed E-state index contributed by atoms with van der Waals surface area (Å²) in [7, 11) is 0. The molecule has 1 aliphatic heterocycles. The van der Waals surface area contributed by atoms with E-state index < -0.39 is 0 Å². The lowest BCUT2D eigenvalue weighted by molar-refractivity contribution is 0.0921. The first-order valence-electron chi connectivity index (χ1n) is 6.52. The van der Waals surface area contributed by atoms with Crippen LogP contribution in [0, 0.1) is 0 Å². The number of hydrogen-bond donors (Lipinski definition) is 1. The Bertz CT molecular complexity index is 665. The molecule has 0 aromatic heterocycles. The summed E-state index contributed by atoms with van der Waals surface area (Å²) < 4.78 is 15.9. The molecule has 0 atom stereocenters. The minimum atomic E-state index is -0.150. The molecule has 3 rings (SSSR count). The van der Waals surface area contributed by atoms with E-state index in [-0.39, 0.29) is 25.8 Å². The number of carbonyl (C=O) groups is 1. The van der Waals surface area contributed by atoms with Gasteiger partial charge in [-0.3, -0.25) is 4.79 Å². The Kier molecular flexibility index (Phi) is 3.75. The number of hydrogen-bond acceptors (Lipinski definition) is 5. The number of aliphatic hydroxyl groups excluding tert-OH is 1. The molecule has 1 heterocycles. The third kappa shape index (κ3) is 2.98. The molecule has 0 bridgehead atoms. The summed E-state index contributed by atoms with van der Waals surface area (Å²) in [5.74, 6) is 1.62. The van der Waals surface area contributed by atoms with Crippen molar-refractivity contribution in [1.82, 2.24) is 0 Å². The van der Waals surface area contributed by atoms with Gasteiger partial charge in [-0.05, 0) is 35.9 Å². The quantitative estimate of drug-likeness (QED) is 0.853. The van der Waals surface area contributed by atoms with Crippen molar-refractivity contribution in [2.75, 3.05) is 13.4 Å². The van der Waals surface area contributed by atoms with Gasteiger partial charge in [0.15, 0.2) is 23.9 Å². The maximum absolute atomic E-state index is 12.1. The van der Waals surface area contributed by atoms with Crippen LogP contribution in [0.3, 0.4) is 0 Å². The second-order valence-corrected chi connectivity index (χ2v) is 4.59. The summed E-state index contributed by atoms with van der Waals surface area (Å²) >= 11 is 0. The monoisotopic (exact) mass is 286 g/mol. The fourth-order valence-electron chi connectivity index (χ4n) is 2.04. The highest BCUT2D eigenvalue weighted by Crippen LogP contribution is 2.32. The summed E-state index contributed by atoms with van der Waals surface area (Å²) in [5.41, 5.74) is 1.25. The lowest BCUT2D eigenvalue weighted by Gasteiger charge is -2.07. The Balaban J connectivity index is 1.66. The van der Waals surface area contributed by atoms with Crippen molar-refractivity contribution < 1.29 is 24.1 Å². The van der Waals surface area contributed by atoms with Gasteiger partial charge in [0.1, 0.15) is 5.75 Å². The Morgan fingerprint density at radius 1 is 1.14 bits per heavy atom. The van der Waals surface area contributed by atoms with Crippen molar-refractivity contribution in [2.45, 2.75) is 6.61 Å². The highest BCUT2D eigenvalue weighted by molar-refractivity contribution is 5.97. The van der Waals surface area contributed by atoms with Gasteiger partial charge in [0.25, 0.3) is 0 Å². The molecular weight excluding hydrogens is 272 g/mol. The first kappa shape index (κ1) is 13.5. The third-order valence-electron chi connectivity index (χ3n) is 3.15. The third-order valence-corrected chi connectivity index (χ3v) is 3.15. The van der Waals surface area contributed by atoms with Crippen LogP contribution in [0.25, 0.3) is 0 Å². The van der Waals surface area contributed by atoms with Crippen LogP contribution in [0.4, 0.5) is 0 Å². The first-order chi connectivity index (χ1) is 10.3. The van der Waals surface area contributed by atoms with Gasteiger partial charge in [-0.1, -0.05) is 12.1 Å². The van der Waals surface area contributed by atoms with E-state index in [0.717, 1.165) is 5.56 Å². The average molecular weight is 286 g/mol. The van der Waals surface area contributed by atoms with Gasteiger partial charge >= 0.3 is 0 Å². The highest BCUT2D eigenvalue weighted by atomic mass is 16.7. The van der Waals surface area contributed by atoms with Crippen LogP contribution >= 0.6 is 0 Å². The number of ether oxygens (including phenoxy) is 3. The van der Waals surface area contributed by atoms with Crippen LogP contribution < -0.4 is 14.2 Å². The van der Waals surface area contributed by atoms with Crippen molar-refractivity contribution >= 4 is 5.78 Å². The smallest absolute Gasteiger partial charge is 0.231 e. The molecule has 5 nitrogen and oxygen atoms in total. The molecule has 5 heteroatoms. The molecule has 0 fully saturated rings. The number of ketones is 1. The Hall–Kier alpha value is -2.53. The summed E-state index contributed by atoms with van der Waals surface area (Å²) in [6.45, 7) is 0.0409. The molecule has 0 radical (unpaired) electrons. The van der Waals surface area contributed by atoms with Crippen molar-refractivity contribution in [3.8, 4) is 17.2 Å². The predicted octanol–water partition coefficient (Wildman–Crippen LogP) is 2.17. The van der Waals surface area contributed by atoms with Crippen LogP contribution in [0.15, 0.2) is 42.5 Å². The normalized spacial score (nSPS) is 12.2. The molecule has 108 valence electrons. The molecule has 1 aliphatic rings. The maximum Gasteiger partial charge on any atom is 0.231 e. The molecule has 1 N–H and O–H groups in total. The van der Waals surface area contributed by atoms with Crippen LogP contribution in [0.2, 0.25) is 0 Å². The molecular formula is C16H14O5. The Morgan fingerprint density at radius 3 is 2.86 bits per heavy atom. The second-order valence-electron chi connectivity index (χ2n) is 4.59. The molecule has 2 aromatic carbocycles. The molecule has 2 aromatic rings. The van der Waals surface area contributed by atoms with Crippen molar-refractivity contribution in [3.05, 3.63) is 53.6 Å².